The fourth-order valence-corrected chi connectivity index (χ4v) is 6.45. The zero-order chi connectivity index (χ0) is 11.0. The molecule has 0 amide bonds. The van der Waals surface area contributed by atoms with E-state index in [-0.39, 0.29) is 0 Å². The molecule has 0 atom stereocenters. The molecular weight excluding hydrogens is 212 g/mol. The molecule has 88 valence electrons. The molecule has 0 N–H and O–H groups in total. The average molecular weight is 234 g/mol. The van der Waals surface area contributed by atoms with Crippen LogP contribution in [0.4, 0.5) is 0 Å². The lowest BCUT2D eigenvalue weighted by Crippen LogP contribution is -2.48. The summed E-state index contributed by atoms with van der Waals surface area (Å²) in [6.07, 6.45) is 16.8. The van der Waals surface area contributed by atoms with Crippen LogP contribution in [-0.2, 0) is 0 Å². The highest BCUT2D eigenvalue weighted by atomic mass is 32.2. The van der Waals surface area contributed by atoms with Crippen LogP contribution in [0.3, 0.4) is 0 Å². The molecule has 0 aromatic carbocycles. The van der Waals surface area contributed by atoms with E-state index in [9.17, 15) is 0 Å². The van der Waals surface area contributed by atoms with E-state index < -0.39 is 0 Å². The second kappa shape index (κ2) is 4.30. The van der Waals surface area contributed by atoms with Gasteiger partial charge in [0.2, 0.25) is 0 Å². The minimum atomic E-state index is 0.698. The first-order valence-corrected chi connectivity index (χ1v) is 7.86. The quantitative estimate of drug-likeness (QED) is 0.521. The summed E-state index contributed by atoms with van der Waals surface area (Å²) < 4.78 is 0.698. The van der Waals surface area contributed by atoms with Crippen molar-refractivity contribution in [3.63, 3.8) is 0 Å². The van der Waals surface area contributed by atoms with E-state index in [1.54, 1.807) is 19.3 Å². The van der Waals surface area contributed by atoms with Crippen molar-refractivity contribution in [1.29, 1.82) is 0 Å². The van der Waals surface area contributed by atoms with E-state index in [0.717, 1.165) is 24.2 Å². The Kier molecular flexibility index (Phi) is 2.96. The molecule has 4 fully saturated rings. The van der Waals surface area contributed by atoms with Crippen molar-refractivity contribution in [3.05, 3.63) is 0 Å². The molecule has 4 aliphatic rings. The van der Waals surface area contributed by atoms with Gasteiger partial charge < -0.3 is 0 Å². The van der Waals surface area contributed by atoms with Gasteiger partial charge >= 0.3 is 0 Å². The molecule has 4 saturated carbocycles. The van der Waals surface area contributed by atoms with Gasteiger partial charge in [0.05, 0.1) is 0 Å². The van der Waals surface area contributed by atoms with Gasteiger partial charge in [-0.05, 0) is 68.5 Å². The molecule has 0 spiro atoms. The highest BCUT2D eigenvalue weighted by Gasteiger charge is 2.50. The second-order valence-corrected chi connectivity index (χ2v) is 7.82. The summed E-state index contributed by atoms with van der Waals surface area (Å²) in [7, 11) is 0. The first-order chi connectivity index (χ1) is 7.80. The van der Waals surface area contributed by atoms with E-state index in [1.165, 1.54) is 31.4 Å². The number of terminal acetylenes is 1. The van der Waals surface area contributed by atoms with Gasteiger partial charge in [0, 0.05) is 11.2 Å². The lowest BCUT2D eigenvalue weighted by atomic mass is 9.56. The Bertz CT molecular complexity index is 264. The molecule has 1 heteroatoms. The van der Waals surface area contributed by atoms with Gasteiger partial charge in [0.1, 0.15) is 0 Å². The van der Waals surface area contributed by atoms with Crippen LogP contribution in [-0.4, -0.2) is 10.5 Å². The molecular formula is C15H22S. The highest BCUT2D eigenvalue weighted by molar-refractivity contribution is 8.00. The lowest BCUT2D eigenvalue weighted by molar-refractivity contribution is 0.0383. The van der Waals surface area contributed by atoms with E-state index in [2.05, 4.69) is 17.7 Å². The minimum absolute atomic E-state index is 0.698. The van der Waals surface area contributed by atoms with Crippen LogP contribution in [0, 0.1) is 30.1 Å². The fraction of sp³-hybridized carbons (Fsp3) is 0.867. The lowest BCUT2D eigenvalue weighted by Gasteiger charge is -2.56. The number of hydrogen-bond donors (Lipinski definition) is 0. The first-order valence-electron chi connectivity index (χ1n) is 6.87. The van der Waals surface area contributed by atoms with Crippen molar-refractivity contribution in [2.24, 2.45) is 17.8 Å². The molecule has 0 saturated heterocycles. The number of hydrogen-bond acceptors (Lipinski definition) is 1. The van der Waals surface area contributed by atoms with Crippen LogP contribution in [0.5, 0.6) is 0 Å². The third-order valence-corrected chi connectivity index (χ3v) is 6.46. The summed E-state index contributed by atoms with van der Waals surface area (Å²) in [6, 6.07) is 0. The Hall–Kier alpha value is -0.0900. The summed E-state index contributed by atoms with van der Waals surface area (Å²) in [6.45, 7) is 0. The van der Waals surface area contributed by atoms with Gasteiger partial charge in [-0.2, -0.15) is 11.8 Å². The Morgan fingerprint density at radius 1 is 1.06 bits per heavy atom. The van der Waals surface area contributed by atoms with Gasteiger partial charge in [-0.1, -0.05) is 0 Å². The van der Waals surface area contributed by atoms with Crippen molar-refractivity contribution >= 4 is 11.8 Å². The van der Waals surface area contributed by atoms with Crippen LogP contribution in [0.2, 0.25) is 0 Å². The van der Waals surface area contributed by atoms with Gasteiger partial charge in [0.25, 0.3) is 0 Å². The molecule has 16 heavy (non-hydrogen) atoms. The van der Waals surface area contributed by atoms with Gasteiger partial charge in [0.15, 0.2) is 0 Å². The van der Waals surface area contributed by atoms with Crippen molar-refractivity contribution < 1.29 is 0 Å². The third-order valence-electron chi connectivity index (χ3n) is 4.86. The van der Waals surface area contributed by atoms with Crippen LogP contribution in [0.15, 0.2) is 0 Å². The normalized spacial score (nSPS) is 44.6. The SMILES string of the molecule is C#CCCCSC12CC3CC(CC(C3)C1)C2. The summed E-state index contributed by atoms with van der Waals surface area (Å²) >= 11 is 2.28. The molecule has 0 aromatic rings. The minimum Gasteiger partial charge on any atom is -0.155 e. The largest absolute Gasteiger partial charge is 0.155 e. The van der Waals surface area contributed by atoms with Crippen LogP contribution >= 0.6 is 11.8 Å². The zero-order valence-electron chi connectivity index (χ0n) is 10.1. The molecule has 4 aliphatic carbocycles. The maximum absolute atomic E-state index is 5.32. The first kappa shape index (κ1) is 11.0. The van der Waals surface area contributed by atoms with Gasteiger partial charge in [-0.3, -0.25) is 0 Å². The monoisotopic (exact) mass is 234 g/mol. The van der Waals surface area contributed by atoms with E-state index in [1.807, 2.05) is 0 Å². The molecule has 0 aromatic heterocycles. The molecule has 0 radical (unpaired) electrons. The predicted molar refractivity (Wildman–Crippen MR) is 71.4 cm³/mol. The Balaban J connectivity index is 1.59. The van der Waals surface area contributed by atoms with E-state index in [4.69, 9.17) is 6.42 Å². The third kappa shape index (κ3) is 2.02. The fourth-order valence-electron chi connectivity index (χ4n) is 4.67. The van der Waals surface area contributed by atoms with Gasteiger partial charge in [-0.15, -0.1) is 12.3 Å². The van der Waals surface area contributed by atoms with Crippen LogP contribution in [0.1, 0.15) is 51.4 Å². The Morgan fingerprint density at radius 2 is 1.62 bits per heavy atom. The second-order valence-electron chi connectivity index (χ2n) is 6.26. The number of thioether (sulfide) groups is 1. The van der Waals surface area contributed by atoms with Crippen molar-refractivity contribution in [2.45, 2.75) is 56.1 Å². The molecule has 0 nitrogen and oxygen atoms in total. The van der Waals surface area contributed by atoms with Crippen molar-refractivity contribution in [3.8, 4) is 12.3 Å². The molecule has 4 bridgehead atoms. The molecule has 0 heterocycles. The van der Waals surface area contributed by atoms with Gasteiger partial charge in [-0.25, -0.2) is 0 Å². The topological polar surface area (TPSA) is 0 Å². The van der Waals surface area contributed by atoms with Crippen LogP contribution in [0.25, 0.3) is 0 Å². The zero-order valence-corrected chi connectivity index (χ0v) is 10.9. The molecule has 0 unspecified atom stereocenters. The van der Waals surface area contributed by atoms with Crippen LogP contribution < -0.4 is 0 Å². The number of rotatable bonds is 4. The highest BCUT2D eigenvalue weighted by Crippen LogP contribution is 2.60. The maximum atomic E-state index is 5.32. The summed E-state index contributed by atoms with van der Waals surface area (Å²) in [5.41, 5.74) is 0. The van der Waals surface area contributed by atoms with E-state index in [0.29, 0.717) is 4.75 Å². The predicted octanol–water partition coefficient (Wildman–Crippen LogP) is 4.10. The Morgan fingerprint density at radius 3 is 2.12 bits per heavy atom. The average Bonchev–Trinajstić information content (AvgIpc) is 2.22. The smallest absolute Gasteiger partial charge is 0.0168 e. The van der Waals surface area contributed by atoms with Crippen molar-refractivity contribution in [2.75, 3.05) is 5.75 Å². The Labute approximate surface area is 104 Å². The summed E-state index contributed by atoms with van der Waals surface area (Å²) in [4.78, 5) is 0. The summed E-state index contributed by atoms with van der Waals surface area (Å²) in [5, 5.41) is 0. The standard InChI is InChI=1S/C15H22S/c1-2-3-4-5-16-15-9-12-6-13(10-15)8-14(7-12)11-15/h1,12-14H,3-11H2. The van der Waals surface area contributed by atoms with E-state index >= 15 is 0 Å². The summed E-state index contributed by atoms with van der Waals surface area (Å²) in [5.74, 6) is 7.33. The maximum Gasteiger partial charge on any atom is 0.0168 e. The number of unbranched alkanes of at least 4 members (excludes halogenated alkanes) is 1. The van der Waals surface area contributed by atoms with Crippen molar-refractivity contribution in [1.82, 2.24) is 0 Å². The molecule has 0 aliphatic heterocycles. The molecule has 4 rings (SSSR count).